The Bertz CT molecular complexity index is 775. The summed E-state index contributed by atoms with van der Waals surface area (Å²) in [4.78, 5) is 19.2. The molecule has 31 heavy (non-hydrogen) atoms. The molecule has 0 saturated carbocycles. The van der Waals surface area contributed by atoms with Gasteiger partial charge in [-0.15, -0.1) is 0 Å². The first-order valence-corrected chi connectivity index (χ1v) is 12.1. The van der Waals surface area contributed by atoms with Crippen LogP contribution in [0.1, 0.15) is 57.2 Å². The Morgan fingerprint density at radius 3 is 2.81 bits per heavy atom. The Hall–Kier alpha value is -1.87. The molecule has 0 aromatic carbocycles. The molecule has 0 amide bonds. The van der Waals surface area contributed by atoms with Gasteiger partial charge in [-0.05, 0) is 51.4 Å². The number of hydrogen-bond acceptors (Lipinski definition) is 5. The van der Waals surface area contributed by atoms with Crippen LogP contribution >= 0.6 is 0 Å². The van der Waals surface area contributed by atoms with Crippen molar-refractivity contribution in [2.45, 2.75) is 83.1 Å². The van der Waals surface area contributed by atoms with Gasteiger partial charge < -0.3 is 19.7 Å². The quantitative estimate of drug-likeness (QED) is 0.397. The molecule has 2 fully saturated rings. The topological polar surface area (TPSA) is 85.9 Å². The van der Waals surface area contributed by atoms with Gasteiger partial charge in [0.25, 0.3) is 0 Å². The van der Waals surface area contributed by atoms with E-state index in [1.165, 1.54) is 12.8 Å². The molecule has 3 aliphatic heterocycles. The number of hydrogen-bond donors (Lipinski definition) is 1. The van der Waals surface area contributed by atoms with Crippen LogP contribution in [0.2, 0.25) is 0 Å². The Morgan fingerprint density at radius 1 is 1.19 bits per heavy atom. The zero-order valence-corrected chi connectivity index (χ0v) is 18.9. The number of guanidine groups is 1. The lowest BCUT2D eigenvalue weighted by Gasteiger charge is -2.35. The molecule has 1 atom stereocenters. The van der Waals surface area contributed by atoms with Crippen molar-refractivity contribution in [2.75, 3.05) is 39.9 Å². The summed E-state index contributed by atoms with van der Waals surface area (Å²) in [5, 5.41) is 7.97. The molecule has 3 aliphatic rings. The number of ether oxygens (including phenoxy) is 2. The lowest BCUT2D eigenvalue weighted by Crippen LogP contribution is -2.47. The highest BCUT2D eigenvalue weighted by Gasteiger charge is 2.24. The number of aromatic nitrogens is 3. The Morgan fingerprint density at radius 2 is 2.06 bits per heavy atom. The molecular formula is C22H38N6O3. The van der Waals surface area contributed by atoms with Crippen LogP contribution in [0.3, 0.4) is 0 Å². The number of nitrogens with one attached hydrogen (secondary N) is 1. The normalized spacial score (nSPS) is 23.1. The lowest BCUT2D eigenvalue weighted by atomic mass is 10.1. The molecule has 4 heterocycles. The van der Waals surface area contributed by atoms with E-state index in [0.29, 0.717) is 12.6 Å². The van der Waals surface area contributed by atoms with Gasteiger partial charge in [0.15, 0.2) is 5.96 Å². The van der Waals surface area contributed by atoms with Crippen LogP contribution < -0.4 is 11.0 Å². The minimum Gasteiger partial charge on any atom is -0.376 e. The van der Waals surface area contributed by atoms with Crippen LogP contribution in [-0.2, 0) is 29.0 Å². The number of nitrogens with zero attached hydrogens (tertiary/aromatic N) is 5. The summed E-state index contributed by atoms with van der Waals surface area (Å²) >= 11 is 0. The Labute approximate surface area is 184 Å². The van der Waals surface area contributed by atoms with E-state index in [9.17, 15) is 4.79 Å². The zero-order valence-electron chi connectivity index (χ0n) is 18.9. The van der Waals surface area contributed by atoms with Gasteiger partial charge in [-0.3, -0.25) is 9.56 Å². The fraction of sp³-hybridized carbons (Fsp3) is 0.864. The van der Waals surface area contributed by atoms with Gasteiger partial charge in [-0.25, -0.2) is 9.48 Å². The molecule has 4 rings (SSSR count). The Balaban J connectivity index is 1.15. The molecule has 9 heteroatoms. The molecule has 0 aliphatic carbocycles. The number of aryl methyl sites for hydroxylation is 2. The third-order valence-electron chi connectivity index (χ3n) is 6.61. The van der Waals surface area contributed by atoms with Crippen LogP contribution in [0.5, 0.6) is 0 Å². The Kier molecular flexibility index (Phi) is 8.02. The second-order valence-corrected chi connectivity index (χ2v) is 8.87. The fourth-order valence-electron chi connectivity index (χ4n) is 4.77. The van der Waals surface area contributed by atoms with Gasteiger partial charge in [0.1, 0.15) is 5.82 Å². The average molecular weight is 435 g/mol. The van der Waals surface area contributed by atoms with Crippen molar-refractivity contribution < 1.29 is 9.47 Å². The SMILES string of the molecule is CN=C(NCCCn1nc2n(c1=O)CCCC2)N1CCC(OCC2CCCCO2)CC1. The van der Waals surface area contributed by atoms with Crippen molar-refractivity contribution in [3.8, 4) is 0 Å². The van der Waals surface area contributed by atoms with Gasteiger partial charge in [-0.1, -0.05) is 0 Å². The van der Waals surface area contributed by atoms with Gasteiger partial charge in [-0.2, -0.15) is 5.10 Å². The van der Waals surface area contributed by atoms with Gasteiger partial charge in [0.05, 0.1) is 18.8 Å². The first-order valence-electron chi connectivity index (χ1n) is 12.1. The number of piperidine rings is 1. The predicted molar refractivity (Wildman–Crippen MR) is 120 cm³/mol. The fourth-order valence-corrected chi connectivity index (χ4v) is 4.77. The zero-order chi connectivity index (χ0) is 21.5. The molecular weight excluding hydrogens is 396 g/mol. The third-order valence-corrected chi connectivity index (χ3v) is 6.61. The van der Waals surface area contributed by atoms with Crippen LogP contribution in [0, 0.1) is 0 Å². The van der Waals surface area contributed by atoms with Crippen molar-refractivity contribution in [1.29, 1.82) is 0 Å². The summed E-state index contributed by atoms with van der Waals surface area (Å²) in [6.45, 7) is 5.73. The maximum absolute atomic E-state index is 12.4. The van der Waals surface area contributed by atoms with Crippen LogP contribution in [0.25, 0.3) is 0 Å². The predicted octanol–water partition coefficient (Wildman–Crippen LogP) is 1.40. The van der Waals surface area contributed by atoms with Gasteiger partial charge in [0, 0.05) is 52.8 Å². The molecule has 0 radical (unpaired) electrons. The van der Waals surface area contributed by atoms with Crippen molar-refractivity contribution >= 4 is 5.96 Å². The molecule has 0 spiro atoms. The molecule has 1 aromatic heterocycles. The van der Waals surface area contributed by atoms with E-state index in [0.717, 1.165) is 96.1 Å². The van der Waals surface area contributed by atoms with E-state index in [2.05, 4.69) is 20.3 Å². The molecule has 1 N–H and O–H groups in total. The minimum absolute atomic E-state index is 0.0415. The van der Waals surface area contributed by atoms with E-state index in [1.54, 1.807) is 4.68 Å². The first-order chi connectivity index (χ1) is 15.2. The highest BCUT2D eigenvalue weighted by atomic mass is 16.5. The highest BCUT2D eigenvalue weighted by Crippen LogP contribution is 2.18. The summed E-state index contributed by atoms with van der Waals surface area (Å²) < 4.78 is 15.4. The highest BCUT2D eigenvalue weighted by molar-refractivity contribution is 5.79. The number of aliphatic imine (C=N–C) groups is 1. The van der Waals surface area contributed by atoms with Crippen LogP contribution in [0.15, 0.2) is 9.79 Å². The number of likely N-dealkylation sites (tertiary alicyclic amines) is 1. The molecule has 1 unspecified atom stereocenters. The van der Waals surface area contributed by atoms with E-state index in [-0.39, 0.29) is 11.8 Å². The van der Waals surface area contributed by atoms with E-state index < -0.39 is 0 Å². The summed E-state index contributed by atoms with van der Waals surface area (Å²) in [7, 11) is 1.83. The van der Waals surface area contributed by atoms with Crippen molar-refractivity contribution in [1.82, 2.24) is 24.6 Å². The molecule has 174 valence electrons. The van der Waals surface area contributed by atoms with E-state index in [1.807, 2.05) is 11.6 Å². The second-order valence-electron chi connectivity index (χ2n) is 8.87. The minimum atomic E-state index is 0.0415. The average Bonchev–Trinajstić information content (AvgIpc) is 3.14. The van der Waals surface area contributed by atoms with E-state index in [4.69, 9.17) is 9.47 Å². The second kappa shape index (κ2) is 11.1. The number of rotatable bonds is 7. The van der Waals surface area contributed by atoms with Crippen molar-refractivity contribution in [3.05, 3.63) is 16.3 Å². The maximum atomic E-state index is 12.4. The summed E-state index contributed by atoms with van der Waals surface area (Å²) in [6.07, 6.45) is 10.2. The molecule has 0 bridgehead atoms. The maximum Gasteiger partial charge on any atom is 0.345 e. The number of fused-ring (bicyclic) bond motifs is 1. The lowest BCUT2D eigenvalue weighted by molar-refractivity contribution is -0.0721. The largest absolute Gasteiger partial charge is 0.376 e. The van der Waals surface area contributed by atoms with Crippen molar-refractivity contribution in [2.24, 2.45) is 4.99 Å². The van der Waals surface area contributed by atoms with Crippen LogP contribution in [-0.4, -0.2) is 77.3 Å². The molecule has 1 aromatic rings. The summed E-state index contributed by atoms with van der Waals surface area (Å²) in [5.74, 6) is 1.88. The monoisotopic (exact) mass is 434 g/mol. The first kappa shape index (κ1) is 22.3. The van der Waals surface area contributed by atoms with Crippen molar-refractivity contribution in [3.63, 3.8) is 0 Å². The summed E-state index contributed by atoms with van der Waals surface area (Å²) in [6, 6.07) is 0. The van der Waals surface area contributed by atoms with Crippen LogP contribution in [0.4, 0.5) is 0 Å². The smallest absolute Gasteiger partial charge is 0.345 e. The summed E-state index contributed by atoms with van der Waals surface area (Å²) in [5.41, 5.74) is 0.0415. The third kappa shape index (κ3) is 5.88. The van der Waals surface area contributed by atoms with Gasteiger partial charge in [0.2, 0.25) is 0 Å². The standard InChI is InChI=1S/C22H38N6O3/c1-23-21(24-11-6-13-28-22(29)27-12-4-2-8-20(27)25-28)26-14-9-18(10-15-26)31-17-19-7-3-5-16-30-19/h18-19H,2-17H2,1H3,(H,23,24). The molecule has 2 saturated heterocycles. The van der Waals surface area contributed by atoms with E-state index >= 15 is 0 Å². The molecule has 9 nitrogen and oxygen atoms in total. The van der Waals surface area contributed by atoms with Gasteiger partial charge >= 0.3 is 5.69 Å².